The average molecular weight is 390 g/mol. The third kappa shape index (κ3) is 4.33. The lowest BCUT2D eigenvalue weighted by Crippen LogP contribution is -2.17. The average Bonchev–Trinajstić information content (AvgIpc) is 2.70. The summed E-state index contributed by atoms with van der Waals surface area (Å²) in [7, 11) is 0. The van der Waals surface area contributed by atoms with Crippen LogP contribution in [-0.2, 0) is 6.61 Å². The van der Waals surface area contributed by atoms with Gasteiger partial charge in [0.15, 0.2) is 0 Å². The summed E-state index contributed by atoms with van der Waals surface area (Å²) in [6.07, 6.45) is 0. The van der Waals surface area contributed by atoms with Crippen molar-refractivity contribution in [3.8, 4) is 11.3 Å². The third-order valence-electron chi connectivity index (χ3n) is 4.76. The number of carbonyl (C=O) groups excluding carboxylic acids is 1. The smallest absolute Gasteiger partial charge is 0.335 e. The summed E-state index contributed by atoms with van der Waals surface area (Å²) in [5.74, 6) is -1.36. The number of hydrogen-bond acceptors (Lipinski definition) is 4. The molecule has 1 heterocycles. The van der Waals surface area contributed by atoms with Crippen LogP contribution in [0, 0.1) is 20.8 Å². The van der Waals surface area contributed by atoms with Gasteiger partial charge in [-0.15, -0.1) is 0 Å². The molecular formula is C23H22N2O4. The lowest BCUT2D eigenvalue weighted by Gasteiger charge is -2.14. The fourth-order valence-corrected chi connectivity index (χ4v) is 3.16. The predicted molar refractivity (Wildman–Crippen MR) is 111 cm³/mol. The van der Waals surface area contributed by atoms with Crippen molar-refractivity contribution in [3.63, 3.8) is 0 Å². The number of nitrogens with zero attached hydrogens (tertiary/aromatic N) is 1. The van der Waals surface area contributed by atoms with Crippen LogP contribution in [0.25, 0.3) is 11.3 Å². The largest absolute Gasteiger partial charge is 0.478 e. The molecule has 1 aromatic heterocycles. The highest BCUT2D eigenvalue weighted by Crippen LogP contribution is 2.24. The molecule has 1 amide bonds. The van der Waals surface area contributed by atoms with E-state index in [1.54, 1.807) is 13.8 Å². The Labute approximate surface area is 168 Å². The molecule has 0 spiro atoms. The van der Waals surface area contributed by atoms with Gasteiger partial charge in [-0.05, 0) is 61.2 Å². The van der Waals surface area contributed by atoms with Crippen LogP contribution in [0.1, 0.15) is 43.1 Å². The Kier molecular flexibility index (Phi) is 5.75. The second-order valence-electron chi connectivity index (χ2n) is 6.96. The standard InChI is InChI=1S/C23H22N2O4/c1-13-4-9-19(17-7-5-16(12-26)6-8-17)24-21(13)22(27)25-20-14(2)10-18(23(28)29)11-15(20)3/h4-11,26H,12H2,1-3H3,(H,25,27)(H,28,29). The number of aromatic carboxylic acids is 1. The zero-order valence-electron chi connectivity index (χ0n) is 16.5. The molecule has 3 rings (SSSR count). The summed E-state index contributed by atoms with van der Waals surface area (Å²) in [5.41, 5.74) is 5.43. The minimum atomic E-state index is -1.01. The molecule has 0 aliphatic rings. The van der Waals surface area contributed by atoms with E-state index < -0.39 is 5.97 Å². The Balaban J connectivity index is 1.92. The molecule has 0 unspecified atom stereocenters. The van der Waals surface area contributed by atoms with Crippen LogP contribution < -0.4 is 5.32 Å². The lowest BCUT2D eigenvalue weighted by atomic mass is 10.0. The number of hydrogen-bond donors (Lipinski definition) is 3. The molecule has 0 saturated carbocycles. The Hall–Kier alpha value is -3.51. The number of anilines is 1. The van der Waals surface area contributed by atoms with Crippen molar-refractivity contribution in [2.45, 2.75) is 27.4 Å². The molecule has 0 fully saturated rings. The minimum absolute atomic E-state index is 0.0331. The number of benzene rings is 2. The number of carbonyl (C=O) groups is 2. The maximum Gasteiger partial charge on any atom is 0.335 e. The summed E-state index contributed by atoms with van der Waals surface area (Å²) in [4.78, 5) is 28.7. The van der Waals surface area contributed by atoms with Crippen LogP contribution in [0.5, 0.6) is 0 Å². The lowest BCUT2D eigenvalue weighted by molar-refractivity contribution is 0.0696. The Morgan fingerprint density at radius 2 is 1.55 bits per heavy atom. The zero-order chi connectivity index (χ0) is 21.1. The quantitative estimate of drug-likeness (QED) is 0.609. The summed E-state index contributed by atoms with van der Waals surface area (Å²) in [6.45, 7) is 5.30. The van der Waals surface area contributed by atoms with E-state index in [1.807, 2.05) is 43.3 Å². The molecule has 2 aromatic carbocycles. The second kappa shape index (κ2) is 8.24. The molecule has 3 aromatic rings. The fourth-order valence-electron chi connectivity index (χ4n) is 3.16. The molecule has 0 saturated heterocycles. The maximum absolute atomic E-state index is 12.9. The Bertz CT molecular complexity index is 1070. The van der Waals surface area contributed by atoms with Crippen LogP contribution in [0.3, 0.4) is 0 Å². The minimum Gasteiger partial charge on any atom is -0.478 e. The first-order valence-corrected chi connectivity index (χ1v) is 9.14. The van der Waals surface area contributed by atoms with Crippen molar-refractivity contribution in [1.29, 1.82) is 0 Å². The van der Waals surface area contributed by atoms with Gasteiger partial charge in [0.25, 0.3) is 5.91 Å². The monoisotopic (exact) mass is 390 g/mol. The number of aromatic nitrogens is 1. The number of amides is 1. The van der Waals surface area contributed by atoms with Gasteiger partial charge in [-0.2, -0.15) is 0 Å². The van der Waals surface area contributed by atoms with Gasteiger partial charge in [0.1, 0.15) is 5.69 Å². The van der Waals surface area contributed by atoms with Gasteiger partial charge in [-0.3, -0.25) is 4.79 Å². The first-order valence-electron chi connectivity index (χ1n) is 9.14. The van der Waals surface area contributed by atoms with Gasteiger partial charge in [-0.1, -0.05) is 30.3 Å². The first kappa shape index (κ1) is 20.2. The zero-order valence-corrected chi connectivity index (χ0v) is 16.5. The summed E-state index contributed by atoms with van der Waals surface area (Å²) >= 11 is 0. The summed E-state index contributed by atoms with van der Waals surface area (Å²) < 4.78 is 0. The van der Waals surface area contributed by atoms with Crippen molar-refractivity contribution in [1.82, 2.24) is 4.98 Å². The van der Waals surface area contributed by atoms with E-state index in [2.05, 4.69) is 10.3 Å². The molecule has 6 nitrogen and oxygen atoms in total. The number of rotatable bonds is 5. The van der Waals surface area contributed by atoms with Crippen LogP contribution in [0.4, 0.5) is 5.69 Å². The van der Waals surface area contributed by atoms with E-state index >= 15 is 0 Å². The molecule has 0 radical (unpaired) electrons. The van der Waals surface area contributed by atoms with Crippen molar-refractivity contribution in [2.24, 2.45) is 0 Å². The predicted octanol–water partition coefficient (Wildman–Crippen LogP) is 4.12. The van der Waals surface area contributed by atoms with E-state index in [9.17, 15) is 19.8 Å². The maximum atomic E-state index is 12.9. The molecule has 29 heavy (non-hydrogen) atoms. The van der Waals surface area contributed by atoms with Gasteiger partial charge in [0.05, 0.1) is 17.9 Å². The normalized spacial score (nSPS) is 10.6. The summed E-state index contributed by atoms with van der Waals surface area (Å²) in [5, 5.41) is 21.2. The molecule has 0 bridgehead atoms. The molecule has 3 N–H and O–H groups in total. The highest BCUT2D eigenvalue weighted by atomic mass is 16.4. The molecule has 0 aliphatic heterocycles. The van der Waals surface area contributed by atoms with E-state index in [0.717, 1.165) is 16.7 Å². The van der Waals surface area contributed by atoms with Gasteiger partial charge < -0.3 is 15.5 Å². The molecule has 6 heteroatoms. The fraction of sp³-hybridized carbons (Fsp3) is 0.174. The van der Waals surface area contributed by atoms with Crippen molar-refractivity contribution in [2.75, 3.05) is 5.32 Å². The Morgan fingerprint density at radius 1 is 0.931 bits per heavy atom. The van der Waals surface area contributed by atoms with Crippen molar-refractivity contribution in [3.05, 3.63) is 82.0 Å². The van der Waals surface area contributed by atoms with Crippen LogP contribution in [-0.4, -0.2) is 27.1 Å². The van der Waals surface area contributed by atoms with Crippen molar-refractivity contribution < 1.29 is 19.8 Å². The van der Waals surface area contributed by atoms with Gasteiger partial charge in [0.2, 0.25) is 0 Å². The highest BCUT2D eigenvalue weighted by Gasteiger charge is 2.16. The van der Waals surface area contributed by atoms with E-state index in [-0.39, 0.29) is 18.1 Å². The highest BCUT2D eigenvalue weighted by molar-refractivity contribution is 6.05. The number of aliphatic hydroxyl groups excluding tert-OH is 1. The van der Waals surface area contributed by atoms with Crippen LogP contribution >= 0.6 is 0 Å². The number of pyridine rings is 1. The number of aliphatic hydroxyl groups is 1. The van der Waals surface area contributed by atoms with Gasteiger partial charge >= 0.3 is 5.97 Å². The third-order valence-corrected chi connectivity index (χ3v) is 4.76. The van der Waals surface area contributed by atoms with E-state index in [0.29, 0.717) is 28.2 Å². The first-order chi connectivity index (χ1) is 13.8. The van der Waals surface area contributed by atoms with Crippen LogP contribution in [0.2, 0.25) is 0 Å². The van der Waals surface area contributed by atoms with E-state index in [4.69, 9.17) is 0 Å². The molecule has 0 atom stereocenters. The van der Waals surface area contributed by atoms with Gasteiger partial charge in [0, 0.05) is 11.3 Å². The number of carboxylic acid groups (broad SMARTS) is 1. The Morgan fingerprint density at radius 3 is 2.10 bits per heavy atom. The summed E-state index contributed by atoms with van der Waals surface area (Å²) in [6, 6.07) is 14.1. The van der Waals surface area contributed by atoms with Crippen LogP contribution in [0.15, 0.2) is 48.5 Å². The molecular weight excluding hydrogens is 368 g/mol. The number of aryl methyl sites for hydroxylation is 3. The molecule has 0 aliphatic carbocycles. The van der Waals surface area contributed by atoms with E-state index in [1.165, 1.54) is 12.1 Å². The number of nitrogens with one attached hydrogen (secondary N) is 1. The number of carboxylic acids is 1. The topological polar surface area (TPSA) is 99.5 Å². The SMILES string of the molecule is Cc1ccc(-c2ccc(CO)cc2)nc1C(=O)Nc1c(C)cc(C(=O)O)cc1C. The second-order valence-corrected chi connectivity index (χ2v) is 6.96. The van der Waals surface area contributed by atoms with Gasteiger partial charge in [-0.25, -0.2) is 9.78 Å². The van der Waals surface area contributed by atoms with Crippen molar-refractivity contribution >= 4 is 17.6 Å². The molecule has 148 valence electrons.